The largest absolute Gasteiger partial charge is 0.238 e. The van der Waals surface area contributed by atoms with Gasteiger partial charge in [-0.25, -0.2) is 4.52 Å². The van der Waals surface area contributed by atoms with E-state index in [0.717, 1.165) is 16.1 Å². The summed E-state index contributed by atoms with van der Waals surface area (Å²) in [6.07, 6.45) is 3.81. The van der Waals surface area contributed by atoms with E-state index in [1.807, 2.05) is 31.5 Å². The average molecular weight is 203 g/mol. The first kappa shape index (κ1) is 9.10. The molecule has 0 bridgehead atoms. The molecule has 3 nitrogen and oxygen atoms in total. The fraction of sp³-hybridized carbons (Fsp3) is 0.200. The molecule has 2 aromatic heterocycles. The van der Waals surface area contributed by atoms with Crippen LogP contribution in [0.4, 0.5) is 0 Å². The van der Waals surface area contributed by atoms with Crippen LogP contribution in [-0.2, 0) is 0 Å². The standard InChI is InChI=1S/C10H9N3S/c1-7-3-4-13-9(5-7)8(6-11)10(12-13)14-2/h3-5H,1-2H3. The summed E-state index contributed by atoms with van der Waals surface area (Å²) in [5.41, 5.74) is 2.69. The maximum Gasteiger partial charge on any atom is 0.137 e. The molecule has 70 valence electrons. The smallest absolute Gasteiger partial charge is 0.137 e. The van der Waals surface area contributed by atoms with Crippen molar-refractivity contribution >= 4 is 17.3 Å². The van der Waals surface area contributed by atoms with Crippen molar-refractivity contribution in [2.75, 3.05) is 6.26 Å². The normalized spacial score (nSPS) is 10.4. The molecule has 0 aliphatic rings. The van der Waals surface area contributed by atoms with Gasteiger partial charge >= 0.3 is 0 Å². The molecule has 0 amide bonds. The molecule has 0 spiro atoms. The lowest BCUT2D eigenvalue weighted by Gasteiger charge is -1.93. The third-order valence-corrected chi connectivity index (χ3v) is 2.74. The summed E-state index contributed by atoms with van der Waals surface area (Å²) in [5, 5.41) is 14.1. The van der Waals surface area contributed by atoms with Crippen LogP contribution >= 0.6 is 11.8 Å². The Morgan fingerprint density at radius 3 is 3.00 bits per heavy atom. The van der Waals surface area contributed by atoms with Crippen LogP contribution in [0.5, 0.6) is 0 Å². The van der Waals surface area contributed by atoms with E-state index in [9.17, 15) is 0 Å². The van der Waals surface area contributed by atoms with Gasteiger partial charge in [-0.15, -0.1) is 11.8 Å². The van der Waals surface area contributed by atoms with Crippen LogP contribution in [0.3, 0.4) is 0 Å². The van der Waals surface area contributed by atoms with Gasteiger partial charge in [0.25, 0.3) is 0 Å². The topological polar surface area (TPSA) is 41.1 Å². The highest BCUT2D eigenvalue weighted by atomic mass is 32.2. The second-order valence-corrected chi connectivity index (χ2v) is 3.82. The molecule has 2 rings (SSSR count). The molecule has 0 N–H and O–H groups in total. The Hall–Kier alpha value is -1.47. The number of aryl methyl sites for hydroxylation is 1. The third kappa shape index (κ3) is 1.26. The molecule has 0 aliphatic carbocycles. The summed E-state index contributed by atoms with van der Waals surface area (Å²) in [4.78, 5) is 0. The second kappa shape index (κ2) is 3.35. The second-order valence-electron chi connectivity index (χ2n) is 3.03. The zero-order valence-corrected chi connectivity index (χ0v) is 8.80. The number of hydrogen-bond donors (Lipinski definition) is 0. The van der Waals surface area contributed by atoms with E-state index in [4.69, 9.17) is 5.26 Å². The molecular formula is C10H9N3S. The van der Waals surface area contributed by atoms with E-state index in [1.165, 1.54) is 11.8 Å². The molecule has 0 fully saturated rings. The summed E-state index contributed by atoms with van der Waals surface area (Å²) in [5.74, 6) is 0. The Morgan fingerprint density at radius 1 is 1.57 bits per heavy atom. The van der Waals surface area contributed by atoms with Crippen LogP contribution in [-0.4, -0.2) is 15.9 Å². The van der Waals surface area contributed by atoms with Gasteiger partial charge in [0.15, 0.2) is 0 Å². The minimum Gasteiger partial charge on any atom is -0.238 e. The molecule has 4 heteroatoms. The molecule has 0 unspecified atom stereocenters. The van der Waals surface area contributed by atoms with Crippen molar-refractivity contribution < 1.29 is 0 Å². The maximum absolute atomic E-state index is 9.01. The summed E-state index contributed by atoms with van der Waals surface area (Å²) < 4.78 is 1.75. The number of hydrogen-bond acceptors (Lipinski definition) is 3. The Morgan fingerprint density at radius 2 is 2.36 bits per heavy atom. The van der Waals surface area contributed by atoms with E-state index in [1.54, 1.807) is 4.52 Å². The summed E-state index contributed by atoms with van der Waals surface area (Å²) in [6, 6.07) is 6.15. The zero-order valence-electron chi connectivity index (χ0n) is 7.98. The van der Waals surface area contributed by atoms with E-state index in [2.05, 4.69) is 11.2 Å². The van der Waals surface area contributed by atoms with Gasteiger partial charge < -0.3 is 0 Å². The van der Waals surface area contributed by atoms with Gasteiger partial charge in [-0.1, -0.05) is 0 Å². The number of fused-ring (bicyclic) bond motifs is 1. The SMILES string of the molecule is CSc1nn2ccc(C)cc2c1C#N. The van der Waals surface area contributed by atoms with E-state index >= 15 is 0 Å². The first-order chi connectivity index (χ1) is 6.76. The van der Waals surface area contributed by atoms with Crippen molar-refractivity contribution in [2.24, 2.45) is 0 Å². The molecule has 0 saturated heterocycles. The summed E-state index contributed by atoms with van der Waals surface area (Å²) in [6.45, 7) is 2.01. The Kier molecular flexibility index (Phi) is 2.18. The molecular weight excluding hydrogens is 194 g/mol. The summed E-state index contributed by atoms with van der Waals surface area (Å²) in [7, 11) is 0. The monoisotopic (exact) mass is 203 g/mol. The number of nitriles is 1. The number of pyridine rings is 1. The maximum atomic E-state index is 9.01. The highest BCUT2D eigenvalue weighted by Crippen LogP contribution is 2.22. The molecule has 0 aliphatic heterocycles. The van der Waals surface area contributed by atoms with Gasteiger partial charge in [0, 0.05) is 6.20 Å². The van der Waals surface area contributed by atoms with Gasteiger partial charge in [-0.2, -0.15) is 10.4 Å². The number of rotatable bonds is 1. The zero-order chi connectivity index (χ0) is 10.1. The molecule has 2 aromatic rings. The van der Waals surface area contributed by atoms with Crippen molar-refractivity contribution in [1.82, 2.24) is 9.61 Å². The van der Waals surface area contributed by atoms with Crippen molar-refractivity contribution in [3.63, 3.8) is 0 Å². The van der Waals surface area contributed by atoms with Crippen LogP contribution in [0.1, 0.15) is 11.1 Å². The minimum absolute atomic E-state index is 0.668. The van der Waals surface area contributed by atoms with Gasteiger partial charge in [0.1, 0.15) is 16.7 Å². The van der Waals surface area contributed by atoms with Crippen molar-refractivity contribution in [1.29, 1.82) is 5.26 Å². The van der Waals surface area contributed by atoms with Crippen LogP contribution in [0.25, 0.3) is 5.52 Å². The van der Waals surface area contributed by atoms with Gasteiger partial charge in [-0.05, 0) is 30.9 Å². The highest BCUT2D eigenvalue weighted by molar-refractivity contribution is 7.98. The van der Waals surface area contributed by atoms with Gasteiger partial charge in [0.2, 0.25) is 0 Å². The molecule has 0 aromatic carbocycles. The predicted octanol–water partition coefficient (Wildman–Crippen LogP) is 2.24. The van der Waals surface area contributed by atoms with Crippen molar-refractivity contribution in [3.05, 3.63) is 29.5 Å². The molecule has 2 heterocycles. The fourth-order valence-electron chi connectivity index (χ4n) is 1.38. The average Bonchev–Trinajstić information content (AvgIpc) is 2.54. The van der Waals surface area contributed by atoms with E-state index in [0.29, 0.717) is 5.56 Å². The lowest BCUT2D eigenvalue weighted by atomic mass is 10.2. The van der Waals surface area contributed by atoms with Crippen LogP contribution in [0.2, 0.25) is 0 Å². The van der Waals surface area contributed by atoms with Crippen LogP contribution in [0, 0.1) is 18.3 Å². The number of nitrogens with zero attached hydrogens (tertiary/aromatic N) is 3. The predicted molar refractivity (Wildman–Crippen MR) is 56.4 cm³/mol. The first-order valence-electron chi connectivity index (χ1n) is 4.19. The highest BCUT2D eigenvalue weighted by Gasteiger charge is 2.10. The van der Waals surface area contributed by atoms with Gasteiger partial charge in [-0.3, -0.25) is 0 Å². The molecule has 0 saturated carbocycles. The number of thioether (sulfide) groups is 1. The lowest BCUT2D eigenvalue weighted by Crippen LogP contribution is -1.86. The van der Waals surface area contributed by atoms with Crippen LogP contribution < -0.4 is 0 Å². The van der Waals surface area contributed by atoms with Crippen molar-refractivity contribution in [3.8, 4) is 6.07 Å². The quantitative estimate of drug-likeness (QED) is 0.667. The number of aromatic nitrogens is 2. The third-order valence-electron chi connectivity index (χ3n) is 2.06. The molecule has 14 heavy (non-hydrogen) atoms. The molecule has 0 radical (unpaired) electrons. The van der Waals surface area contributed by atoms with E-state index in [-0.39, 0.29) is 0 Å². The Bertz CT molecular complexity index is 522. The lowest BCUT2D eigenvalue weighted by molar-refractivity contribution is 0.899. The summed E-state index contributed by atoms with van der Waals surface area (Å²) >= 11 is 1.50. The van der Waals surface area contributed by atoms with Crippen LogP contribution in [0.15, 0.2) is 23.4 Å². The minimum atomic E-state index is 0.668. The van der Waals surface area contributed by atoms with Gasteiger partial charge in [0.05, 0.1) is 5.52 Å². The fourth-order valence-corrected chi connectivity index (χ4v) is 1.90. The molecule has 0 atom stereocenters. The Labute approximate surface area is 86.3 Å². The first-order valence-corrected chi connectivity index (χ1v) is 5.42. The van der Waals surface area contributed by atoms with E-state index < -0.39 is 0 Å². The van der Waals surface area contributed by atoms with Crippen molar-refractivity contribution in [2.45, 2.75) is 11.9 Å². The Balaban J connectivity index is 2.83.